The van der Waals surface area contributed by atoms with Gasteiger partial charge < -0.3 is 14.2 Å². The van der Waals surface area contributed by atoms with Gasteiger partial charge in [0.25, 0.3) is 0 Å². The molecule has 1 aliphatic heterocycles. The zero-order chi connectivity index (χ0) is 17.1. The van der Waals surface area contributed by atoms with Gasteiger partial charge in [0.2, 0.25) is 0 Å². The Morgan fingerprint density at radius 3 is 2.68 bits per heavy atom. The molecule has 0 unspecified atom stereocenters. The molecular weight excluding hydrogens is 318 g/mol. The van der Waals surface area contributed by atoms with Gasteiger partial charge in [-0.05, 0) is 30.5 Å². The molecule has 0 amide bonds. The molecule has 0 spiro atoms. The first-order valence-corrected chi connectivity index (χ1v) is 9.07. The third kappa shape index (κ3) is 3.85. The topological polar surface area (TPSA) is 58.4 Å². The average Bonchev–Trinajstić information content (AvgIpc) is 2.97. The van der Waals surface area contributed by atoms with E-state index in [0.29, 0.717) is 25.7 Å². The zero-order valence-electron chi connectivity index (χ0n) is 14.7. The predicted molar refractivity (Wildman–Crippen MR) is 93.0 cm³/mol. The fraction of sp³-hybridized carbons (Fsp3) is 0.579. The van der Waals surface area contributed by atoms with Gasteiger partial charge in [-0.2, -0.15) is 5.10 Å². The molecule has 0 radical (unpaired) electrons. The van der Waals surface area contributed by atoms with Crippen molar-refractivity contribution in [2.24, 2.45) is 0 Å². The number of aromatic nitrogens is 3. The first-order valence-electron chi connectivity index (χ1n) is 9.07. The molecule has 2 aliphatic rings. The van der Waals surface area contributed by atoms with Gasteiger partial charge in [-0.1, -0.05) is 18.6 Å². The molecule has 2 fully saturated rings. The summed E-state index contributed by atoms with van der Waals surface area (Å²) in [5, 5.41) is 4.78. The Balaban J connectivity index is 1.51. The molecule has 6 heteroatoms. The molecule has 0 N–H and O–H groups in total. The SMILES string of the molecule is COc1ccc(Cc2nc(C3CCC3)n(C[C@@H]3COCCO3)n2)cc1. The highest BCUT2D eigenvalue weighted by Crippen LogP contribution is 2.35. The second-order valence-corrected chi connectivity index (χ2v) is 6.79. The minimum atomic E-state index is 0.0723. The summed E-state index contributed by atoms with van der Waals surface area (Å²) in [6, 6.07) is 8.10. The van der Waals surface area contributed by atoms with E-state index in [1.165, 1.54) is 24.8 Å². The summed E-state index contributed by atoms with van der Waals surface area (Å²) in [6.07, 6.45) is 4.52. The average molecular weight is 343 g/mol. The van der Waals surface area contributed by atoms with Crippen LogP contribution in [0.5, 0.6) is 5.75 Å². The first kappa shape index (κ1) is 16.5. The van der Waals surface area contributed by atoms with Crippen LogP contribution in [0.2, 0.25) is 0 Å². The van der Waals surface area contributed by atoms with Gasteiger partial charge in [0.1, 0.15) is 17.7 Å². The van der Waals surface area contributed by atoms with Gasteiger partial charge in [0, 0.05) is 12.3 Å². The number of hydrogen-bond donors (Lipinski definition) is 0. The van der Waals surface area contributed by atoms with E-state index in [0.717, 1.165) is 30.4 Å². The Kier molecular flexibility index (Phi) is 4.99. The number of hydrogen-bond acceptors (Lipinski definition) is 5. The summed E-state index contributed by atoms with van der Waals surface area (Å²) in [4.78, 5) is 4.86. The van der Waals surface area contributed by atoms with Crippen molar-refractivity contribution in [3.8, 4) is 5.75 Å². The van der Waals surface area contributed by atoms with Gasteiger partial charge in [-0.3, -0.25) is 0 Å². The summed E-state index contributed by atoms with van der Waals surface area (Å²) < 4.78 is 18.6. The number of methoxy groups -OCH3 is 1. The monoisotopic (exact) mass is 343 g/mol. The van der Waals surface area contributed by atoms with E-state index in [2.05, 4.69) is 16.8 Å². The Morgan fingerprint density at radius 1 is 1.20 bits per heavy atom. The van der Waals surface area contributed by atoms with E-state index in [1.807, 2.05) is 12.1 Å². The maximum Gasteiger partial charge on any atom is 0.155 e. The molecule has 1 aromatic heterocycles. The molecule has 0 bridgehead atoms. The van der Waals surface area contributed by atoms with E-state index < -0.39 is 0 Å². The fourth-order valence-corrected chi connectivity index (χ4v) is 3.34. The summed E-state index contributed by atoms with van der Waals surface area (Å²) in [5.41, 5.74) is 1.19. The summed E-state index contributed by atoms with van der Waals surface area (Å²) >= 11 is 0. The molecule has 4 rings (SSSR count). The van der Waals surface area contributed by atoms with Crippen molar-refractivity contribution < 1.29 is 14.2 Å². The molecule has 1 saturated carbocycles. The minimum Gasteiger partial charge on any atom is -0.497 e. The largest absolute Gasteiger partial charge is 0.497 e. The highest BCUT2D eigenvalue weighted by atomic mass is 16.6. The van der Waals surface area contributed by atoms with Crippen LogP contribution in [-0.4, -0.2) is 47.8 Å². The quantitative estimate of drug-likeness (QED) is 0.807. The van der Waals surface area contributed by atoms with Crippen molar-refractivity contribution in [2.45, 2.75) is 44.2 Å². The van der Waals surface area contributed by atoms with Crippen LogP contribution in [0.4, 0.5) is 0 Å². The lowest BCUT2D eigenvalue weighted by Gasteiger charge is -2.27. The molecule has 2 heterocycles. The molecule has 2 aromatic rings. The standard InChI is InChI=1S/C19H25N3O3/c1-23-16-7-5-14(6-8-16)11-18-20-19(15-3-2-4-15)22(21-18)12-17-13-24-9-10-25-17/h5-8,15,17H,2-4,9-13H2,1H3/t17-/m1/s1. The molecule has 134 valence electrons. The van der Waals surface area contributed by atoms with Crippen molar-refractivity contribution >= 4 is 0 Å². The fourth-order valence-electron chi connectivity index (χ4n) is 3.34. The molecule has 25 heavy (non-hydrogen) atoms. The zero-order valence-corrected chi connectivity index (χ0v) is 14.7. The van der Waals surface area contributed by atoms with Gasteiger partial charge >= 0.3 is 0 Å². The van der Waals surface area contributed by atoms with Crippen molar-refractivity contribution in [2.75, 3.05) is 26.9 Å². The minimum absolute atomic E-state index is 0.0723. The van der Waals surface area contributed by atoms with Gasteiger partial charge in [-0.15, -0.1) is 0 Å². The van der Waals surface area contributed by atoms with Crippen molar-refractivity contribution in [1.29, 1.82) is 0 Å². The Morgan fingerprint density at radius 2 is 2.04 bits per heavy atom. The van der Waals surface area contributed by atoms with Crippen LogP contribution in [0, 0.1) is 0 Å². The van der Waals surface area contributed by atoms with Gasteiger partial charge in [0.05, 0.1) is 33.5 Å². The maximum atomic E-state index is 5.79. The summed E-state index contributed by atoms with van der Waals surface area (Å²) in [6.45, 7) is 2.71. The van der Waals surface area contributed by atoms with E-state index in [4.69, 9.17) is 24.3 Å². The second-order valence-electron chi connectivity index (χ2n) is 6.79. The number of benzene rings is 1. The smallest absolute Gasteiger partial charge is 0.155 e. The summed E-state index contributed by atoms with van der Waals surface area (Å²) in [7, 11) is 1.68. The van der Waals surface area contributed by atoms with E-state index >= 15 is 0 Å². The van der Waals surface area contributed by atoms with E-state index in [-0.39, 0.29) is 6.10 Å². The highest BCUT2D eigenvalue weighted by Gasteiger charge is 2.27. The van der Waals surface area contributed by atoms with Gasteiger partial charge in [0.15, 0.2) is 5.82 Å². The number of rotatable bonds is 6. The third-order valence-electron chi connectivity index (χ3n) is 5.00. The molecule has 6 nitrogen and oxygen atoms in total. The molecular formula is C19H25N3O3. The maximum absolute atomic E-state index is 5.79. The van der Waals surface area contributed by atoms with Gasteiger partial charge in [-0.25, -0.2) is 9.67 Å². The van der Waals surface area contributed by atoms with Crippen LogP contribution >= 0.6 is 0 Å². The first-order chi connectivity index (χ1) is 12.3. The summed E-state index contributed by atoms with van der Waals surface area (Å²) in [5.74, 6) is 3.40. The number of ether oxygens (including phenoxy) is 3. The molecule has 1 atom stereocenters. The van der Waals surface area contributed by atoms with Crippen molar-refractivity contribution in [3.05, 3.63) is 41.5 Å². The Bertz CT molecular complexity index is 688. The predicted octanol–water partition coefficient (Wildman–Crippen LogP) is 2.56. The lowest BCUT2D eigenvalue weighted by Crippen LogP contribution is -2.33. The van der Waals surface area contributed by atoms with Crippen LogP contribution < -0.4 is 4.74 Å². The Labute approximate surface area is 148 Å². The van der Waals surface area contributed by atoms with Crippen LogP contribution in [0.3, 0.4) is 0 Å². The van der Waals surface area contributed by atoms with Crippen molar-refractivity contribution in [1.82, 2.24) is 14.8 Å². The lowest BCUT2D eigenvalue weighted by atomic mass is 9.85. The second kappa shape index (κ2) is 7.54. The molecule has 1 aliphatic carbocycles. The lowest BCUT2D eigenvalue weighted by molar-refractivity contribution is -0.0950. The van der Waals surface area contributed by atoms with Crippen LogP contribution in [0.25, 0.3) is 0 Å². The van der Waals surface area contributed by atoms with E-state index in [1.54, 1.807) is 7.11 Å². The van der Waals surface area contributed by atoms with Crippen LogP contribution in [-0.2, 0) is 22.4 Å². The molecule has 1 saturated heterocycles. The third-order valence-corrected chi connectivity index (χ3v) is 5.00. The number of nitrogens with zero attached hydrogens (tertiary/aromatic N) is 3. The molecule has 1 aromatic carbocycles. The van der Waals surface area contributed by atoms with Crippen molar-refractivity contribution in [3.63, 3.8) is 0 Å². The van der Waals surface area contributed by atoms with Crippen LogP contribution in [0.1, 0.15) is 42.4 Å². The van der Waals surface area contributed by atoms with Crippen LogP contribution in [0.15, 0.2) is 24.3 Å². The normalized spacial score (nSPS) is 21.1. The van der Waals surface area contributed by atoms with E-state index in [9.17, 15) is 0 Å². The Hall–Kier alpha value is -1.92. The highest BCUT2D eigenvalue weighted by molar-refractivity contribution is 5.28.